The molecule has 2 aliphatic rings. The fourth-order valence-electron chi connectivity index (χ4n) is 2.01. The lowest BCUT2D eigenvalue weighted by Crippen LogP contribution is -2.29. The number of allylic oxidation sites excluding steroid dienone is 2. The highest BCUT2D eigenvalue weighted by Gasteiger charge is 2.66. The van der Waals surface area contributed by atoms with Gasteiger partial charge in [-0.3, -0.25) is 10.7 Å². The second-order valence-corrected chi connectivity index (χ2v) is 4.16. The molecule has 0 saturated heterocycles. The highest BCUT2D eigenvalue weighted by atomic mass is 19.4. The minimum absolute atomic E-state index is 0.00650. The second kappa shape index (κ2) is 4.15. The summed E-state index contributed by atoms with van der Waals surface area (Å²) in [7, 11) is 0. The Hall–Kier alpha value is -1.78. The van der Waals surface area contributed by atoms with Gasteiger partial charge < -0.3 is 0 Å². The summed E-state index contributed by atoms with van der Waals surface area (Å²) in [4.78, 5) is 3.75. The van der Waals surface area contributed by atoms with Gasteiger partial charge in [-0.15, -0.1) is 5.73 Å². The van der Waals surface area contributed by atoms with Gasteiger partial charge in [-0.05, 0) is 30.6 Å². The van der Waals surface area contributed by atoms with Crippen molar-refractivity contribution in [3.63, 3.8) is 0 Å². The van der Waals surface area contributed by atoms with Gasteiger partial charge in [0.05, 0.1) is 5.41 Å². The number of amidine groups is 1. The van der Waals surface area contributed by atoms with E-state index in [-0.39, 0.29) is 29.8 Å². The van der Waals surface area contributed by atoms with Gasteiger partial charge in [-0.25, -0.2) is 4.99 Å². The lowest BCUT2D eigenvalue weighted by Gasteiger charge is -2.21. The van der Waals surface area contributed by atoms with E-state index < -0.39 is 11.6 Å². The van der Waals surface area contributed by atoms with Gasteiger partial charge in [0.1, 0.15) is 0 Å². The third kappa shape index (κ3) is 1.79. The van der Waals surface area contributed by atoms with Crippen molar-refractivity contribution in [2.24, 2.45) is 10.4 Å². The molecule has 18 heavy (non-hydrogen) atoms. The largest absolute Gasteiger partial charge is 0.398 e. The zero-order valence-electron chi connectivity index (χ0n) is 9.38. The van der Waals surface area contributed by atoms with Gasteiger partial charge in [-0.1, -0.05) is 6.58 Å². The SMILES string of the molecule is C=C=C/C=C1/C(C2(C(F)(F)F)CC2)=CN=C1NO. The van der Waals surface area contributed by atoms with Crippen LogP contribution in [0.5, 0.6) is 0 Å². The fourth-order valence-corrected chi connectivity index (χ4v) is 2.01. The quantitative estimate of drug-likeness (QED) is 0.589. The van der Waals surface area contributed by atoms with E-state index in [1.807, 2.05) is 0 Å². The zero-order valence-corrected chi connectivity index (χ0v) is 9.38. The predicted molar refractivity (Wildman–Crippen MR) is 60.0 cm³/mol. The molecule has 2 N–H and O–H groups in total. The summed E-state index contributed by atoms with van der Waals surface area (Å²) < 4.78 is 39.1. The summed E-state index contributed by atoms with van der Waals surface area (Å²) >= 11 is 0. The van der Waals surface area contributed by atoms with Crippen LogP contribution in [0.15, 0.2) is 46.8 Å². The Labute approximate surface area is 102 Å². The maximum Gasteiger partial charge on any atom is 0.398 e. The standard InChI is InChI=1S/C12H11F3N2O/c1-2-3-4-8-9(7-16-10(8)17-18)11(5-6-11)12(13,14)15/h3-4,7,18H,1,5-6H2,(H,16,17)/b8-4-. The molecule has 0 aromatic rings. The van der Waals surface area contributed by atoms with Crippen molar-refractivity contribution >= 4 is 5.84 Å². The summed E-state index contributed by atoms with van der Waals surface area (Å²) in [5.41, 5.74) is 2.73. The average Bonchev–Trinajstić information content (AvgIpc) is 3.02. The van der Waals surface area contributed by atoms with E-state index in [9.17, 15) is 13.2 Å². The summed E-state index contributed by atoms with van der Waals surface area (Å²) in [6.07, 6.45) is -0.275. The van der Waals surface area contributed by atoms with E-state index in [0.29, 0.717) is 0 Å². The third-order valence-corrected chi connectivity index (χ3v) is 3.15. The van der Waals surface area contributed by atoms with Gasteiger partial charge in [0, 0.05) is 11.8 Å². The van der Waals surface area contributed by atoms with Gasteiger partial charge >= 0.3 is 6.18 Å². The van der Waals surface area contributed by atoms with Crippen molar-refractivity contribution in [2.75, 3.05) is 0 Å². The highest BCUT2D eigenvalue weighted by Crippen LogP contribution is 2.64. The topological polar surface area (TPSA) is 44.6 Å². The number of nitrogens with zero attached hydrogens (tertiary/aromatic N) is 1. The number of nitrogens with one attached hydrogen (secondary N) is 1. The van der Waals surface area contributed by atoms with Gasteiger partial charge in [0.2, 0.25) is 0 Å². The Bertz CT molecular complexity index is 504. The molecule has 0 radical (unpaired) electrons. The highest BCUT2D eigenvalue weighted by molar-refractivity contribution is 6.04. The van der Waals surface area contributed by atoms with Crippen LogP contribution in [0.4, 0.5) is 13.2 Å². The summed E-state index contributed by atoms with van der Waals surface area (Å²) in [5.74, 6) is 0.00650. The van der Waals surface area contributed by atoms with Crippen LogP contribution in [-0.2, 0) is 0 Å². The molecule has 3 nitrogen and oxygen atoms in total. The normalized spacial score (nSPS) is 23.2. The molecule has 96 valence electrons. The molecular weight excluding hydrogens is 245 g/mol. The van der Waals surface area contributed by atoms with Crippen molar-refractivity contribution in [1.29, 1.82) is 0 Å². The first-order valence-electron chi connectivity index (χ1n) is 5.28. The molecule has 0 atom stereocenters. The molecule has 0 spiro atoms. The number of aliphatic imine (C=N–C) groups is 1. The molecular formula is C12H11F3N2O. The van der Waals surface area contributed by atoms with Crippen molar-refractivity contribution in [3.8, 4) is 0 Å². The lowest BCUT2D eigenvalue weighted by molar-refractivity contribution is -0.174. The molecule has 1 heterocycles. The van der Waals surface area contributed by atoms with Crippen LogP contribution in [-0.4, -0.2) is 17.2 Å². The number of hydrogen-bond donors (Lipinski definition) is 2. The molecule has 0 aromatic heterocycles. The molecule has 1 aliphatic carbocycles. The predicted octanol–water partition coefficient (Wildman–Crippen LogP) is 2.87. The summed E-state index contributed by atoms with van der Waals surface area (Å²) in [6.45, 7) is 3.33. The van der Waals surface area contributed by atoms with E-state index in [1.54, 1.807) is 5.48 Å². The molecule has 1 aliphatic heterocycles. The van der Waals surface area contributed by atoms with Gasteiger partial charge in [0.25, 0.3) is 0 Å². The van der Waals surface area contributed by atoms with Crippen molar-refractivity contribution < 1.29 is 18.4 Å². The summed E-state index contributed by atoms with van der Waals surface area (Å²) in [5, 5.41) is 8.86. The Balaban J connectivity index is 2.39. The first-order valence-corrected chi connectivity index (χ1v) is 5.28. The monoisotopic (exact) mass is 256 g/mol. The second-order valence-electron chi connectivity index (χ2n) is 4.16. The van der Waals surface area contributed by atoms with Crippen molar-refractivity contribution in [1.82, 2.24) is 5.48 Å². The molecule has 2 rings (SSSR count). The Morgan fingerprint density at radius 3 is 2.61 bits per heavy atom. The number of rotatable bonds is 2. The molecule has 0 aromatic carbocycles. The van der Waals surface area contributed by atoms with Crippen LogP contribution < -0.4 is 5.48 Å². The Morgan fingerprint density at radius 2 is 2.17 bits per heavy atom. The maximum atomic E-state index is 13.0. The number of hydrogen-bond acceptors (Lipinski definition) is 3. The molecule has 0 unspecified atom stereocenters. The van der Waals surface area contributed by atoms with Crippen LogP contribution in [0.25, 0.3) is 0 Å². The van der Waals surface area contributed by atoms with Gasteiger partial charge in [0.15, 0.2) is 5.84 Å². The van der Waals surface area contributed by atoms with Crippen molar-refractivity contribution in [2.45, 2.75) is 19.0 Å². The van der Waals surface area contributed by atoms with Crippen LogP contribution in [0, 0.1) is 5.41 Å². The van der Waals surface area contributed by atoms with Gasteiger partial charge in [-0.2, -0.15) is 13.2 Å². The van der Waals surface area contributed by atoms with E-state index in [1.165, 1.54) is 12.2 Å². The molecule has 1 saturated carbocycles. The first kappa shape index (κ1) is 12.7. The van der Waals surface area contributed by atoms with Crippen LogP contribution in [0.1, 0.15) is 12.8 Å². The van der Waals surface area contributed by atoms with Crippen LogP contribution >= 0.6 is 0 Å². The Kier molecular flexibility index (Phi) is 2.92. The number of alkyl halides is 3. The maximum absolute atomic E-state index is 13.0. The minimum atomic E-state index is -4.31. The fraction of sp³-hybridized carbons (Fsp3) is 0.333. The molecule has 0 bridgehead atoms. The van der Waals surface area contributed by atoms with E-state index in [4.69, 9.17) is 5.21 Å². The van der Waals surface area contributed by atoms with E-state index in [0.717, 1.165) is 6.20 Å². The van der Waals surface area contributed by atoms with E-state index in [2.05, 4.69) is 17.3 Å². The number of hydroxylamine groups is 1. The lowest BCUT2D eigenvalue weighted by atomic mass is 9.89. The zero-order chi connectivity index (χ0) is 13.4. The van der Waals surface area contributed by atoms with Crippen LogP contribution in [0.3, 0.4) is 0 Å². The molecule has 1 fully saturated rings. The molecule has 6 heteroatoms. The van der Waals surface area contributed by atoms with Crippen molar-refractivity contribution in [3.05, 3.63) is 41.8 Å². The average molecular weight is 256 g/mol. The number of halogens is 3. The molecule has 0 amide bonds. The Morgan fingerprint density at radius 1 is 1.50 bits per heavy atom. The summed E-state index contributed by atoms with van der Waals surface area (Å²) in [6, 6.07) is 0. The minimum Gasteiger partial charge on any atom is -0.290 e. The third-order valence-electron chi connectivity index (χ3n) is 3.15. The smallest absolute Gasteiger partial charge is 0.290 e. The van der Waals surface area contributed by atoms with E-state index >= 15 is 0 Å². The first-order chi connectivity index (χ1) is 8.46. The van der Waals surface area contributed by atoms with Crippen LogP contribution in [0.2, 0.25) is 0 Å².